The number of aromatic nitrogens is 1. The lowest BCUT2D eigenvalue weighted by Crippen LogP contribution is -2.22. The van der Waals surface area contributed by atoms with E-state index >= 15 is 0 Å². The zero-order valence-electron chi connectivity index (χ0n) is 18.9. The first kappa shape index (κ1) is 24.5. The quantitative estimate of drug-likeness (QED) is 0.264. The number of ether oxygens (including phenoxy) is 5. The summed E-state index contributed by atoms with van der Waals surface area (Å²) in [6, 6.07) is 5.59. The molecule has 0 fully saturated rings. The Labute approximate surface area is 197 Å². The molecule has 3 rings (SSSR count). The molecule has 1 aromatic heterocycles. The first-order chi connectivity index (χ1) is 16.3. The van der Waals surface area contributed by atoms with Crippen LogP contribution in [0.1, 0.15) is 10.4 Å². The molecule has 3 aromatic rings. The van der Waals surface area contributed by atoms with Crippen molar-refractivity contribution in [1.29, 1.82) is 0 Å². The molecule has 1 heterocycles. The maximum atomic E-state index is 13.1. The second-order valence-corrected chi connectivity index (χ2v) is 7.63. The van der Waals surface area contributed by atoms with E-state index in [1.54, 1.807) is 12.1 Å². The van der Waals surface area contributed by atoms with Crippen molar-refractivity contribution in [2.24, 2.45) is 4.99 Å². The molecule has 0 aliphatic carbocycles. The Balaban J connectivity index is 2.27. The molecule has 0 atom stereocenters. The van der Waals surface area contributed by atoms with Gasteiger partial charge in [0.2, 0.25) is 0 Å². The number of carbonyl (C=O) groups is 2. The van der Waals surface area contributed by atoms with Gasteiger partial charge < -0.3 is 28.3 Å². The number of hydrogen-bond donors (Lipinski definition) is 0. The summed E-state index contributed by atoms with van der Waals surface area (Å²) in [5.74, 6) is -0.431. The van der Waals surface area contributed by atoms with Crippen LogP contribution in [0.15, 0.2) is 29.3 Å². The van der Waals surface area contributed by atoms with E-state index in [4.69, 9.17) is 23.7 Å². The molecular formula is C21H21N3O9S. The molecule has 0 N–H and O–H groups in total. The van der Waals surface area contributed by atoms with Gasteiger partial charge >= 0.3 is 5.97 Å². The average molecular weight is 491 g/mol. The van der Waals surface area contributed by atoms with Crippen molar-refractivity contribution < 1.29 is 38.2 Å². The molecular weight excluding hydrogens is 470 g/mol. The minimum absolute atomic E-state index is 0.0903. The van der Waals surface area contributed by atoms with Gasteiger partial charge in [0.25, 0.3) is 11.6 Å². The lowest BCUT2D eigenvalue weighted by Gasteiger charge is -2.09. The van der Waals surface area contributed by atoms with E-state index in [-0.39, 0.29) is 28.4 Å². The normalized spacial score (nSPS) is 11.3. The van der Waals surface area contributed by atoms with Crippen molar-refractivity contribution in [2.75, 3.05) is 35.5 Å². The Hall–Kier alpha value is -4.13. The zero-order chi connectivity index (χ0) is 25.0. The van der Waals surface area contributed by atoms with E-state index in [2.05, 4.69) is 4.99 Å². The van der Waals surface area contributed by atoms with Crippen molar-refractivity contribution in [1.82, 2.24) is 4.57 Å². The van der Waals surface area contributed by atoms with Crippen LogP contribution >= 0.6 is 11.3 Å². The van der Waals surface area contributed by atoms with Crippen molar-refractivity contribution in [2.45, 2.75) is 6.54 Å². The number of nitrogens with zero attached hydrogens (tertiary/aromatic N) is 3. The summed E-state index contributed by atoms with van der Waals surface area (Å²) >= 11 is 1.09. The van der Waals surface area contributed by atoms with Crippen LogP contribution in [0.5, 0.6) is 23.0 Å². The van der Waals surface area contributed by atoms with Crippen LogP contribution in [0.2, 0.25) is 0 Å². The second-order valence-electron chi connectivity index (χ2n) is 6.62. The standard InChI is InChI=1S/C21H21N3O9S/c1-29-14-6-11(12(24(27)28)7-15(14)30-2)20(26)22-21-23(10-19(25)33-5)13-8-16(31-3)17(32-4)9-18(13)34-21/h6-9H,10H2,1-5H3. The van der Waals surface area contributed by atoms with Crippen molar-refractivity contribution in [3.05, 3.63) is 44.7 Å². The van der Waals surface area contributed by atoms with Gasteiger partial charge in [0, 0.05) is 18.2 Å². The summed E-state index contributed by atoms with van der Waals surface area (Å²) in [6.45, 7) is -0.258. The van der Waals surface area contributed by atoms with Crippen molar-refractivity contribution in [3.8, 4) is 23.0 Å². The number of hydrogen-bond acceptors (Lipinski definition) is 10. The summed E-state index contributed by atoms with van der Waals surface area (Å²) in [5, 5.41) is 11.6. The molecule has 0 bridgehead atoms. The van der Waals surface area contributed by atoms with Crippen molar-refractivity contribution in [3.63, 3.8) is 0 Å². The summed E-state index contributed by atoms with van der Waals surface area (Å²) in [7, 11) is 6.83. The number of fused-ring (bicyclic) bond motifs is 1. The second kappa shape index (κ2) is 10.2. The summed E-state index contributed by atoms with van der Waals surface area (Å²) in [5.41, 5.74) is -0.281. The van der Waals surface area contributed by atoms with Crippen LogP contribution < -0.4 is 23.7 Å². The highest BCUT2D eigenvalue weighted by Gasteiger charge is 2.25. The first-order valence-corrected chi connectivity index (χ1v) is 10.4. The molecule has 13 heteroatoms. The van der Waals surface area contributed by atoms with Gasteiger partial charge in [-0.15, -0.1) is 0 Å². The minimum atomic E-state index is -0.906. The van der Waals surface area contributed by atoms with E-state index in [1.165, 1.54) is 46.2 Å². The van der Waals surface area contributed by atoms with Gasteiger partial charge in [-0.25, -0.2) is 0 Å². The third-order valence-corrected chi connectivity index (χ3v) is 5.87. The van der Waals surface area contributed by atoms with Crippen LogP contribution in [0, 0.1) is 10.1 Å². The van der Waals surface area contributed by atoms with Crippen LogP contribution in [-0.2, 0) is 16.1 Å². The topological polar surface area (TPSA) is 141 Å². The Bertz CT molecular complexity index is 1340. The number of thiazole rings is 1. The molecule has 1 amide bonds. The lowest BCUT2D eigenvalue weighted by molar-refractivity contribution is -0.385. The predicted molar refractivity (Wildman–Crippen MR) is 121 cm³/mol. The van der Waals surface area contributed by atoms with Crippen LogP contribution in [-0.4, -0.2) is 56.9 Å². The van der Waals surface area contributed by atoms with Gasteiger partial charge in [0.1, 0.15) is 12.1 Å². The number of nitro groups is 1. The SMILES string of the molecule is COC(=O)Cn1c(=NC(=O)c2cc(OC)c(OC)cc2[N+](=O)[O-])sc2cc(OC)c(OC)cc21. The van der Waals surface area contributed by atoms with E-state index < -0.39 is 22.5 Å². The molecule has 12 nitrogen and oxygen atoms in total. The van der Waals surface area contributed by atoms with Gasteiger partial charge in [-0.05, 0) is 0 Å². The highest BCUT2D eigenvalue weighted by molar-refractivity contribution is 7.16. The molecule has 0 saturated heterocycles. The molecule has 0 saturated carbocycles. The highest BCUT2D eigenvalue weighted by Crippen LogP contribution is 2.35. The van der Waals surface area contributed by atoms with Gasteiger partial charge in [0.05, 0.1) is 56.8 Å². The van der Waals surface area contributed by atoms with E-state index in [1.807, 2.05) is 0 Å². The van der Waals surface area contributed by atoms with Gasteiger partial charge in [-0.2, -0.15) is 4.99 Å². The maximum Gasteiger partial charge on any atom is 0.325 e. The van der Waals surface area contributed by atoms with Crippen LogP contribution in [0.4, 0.5) is 5.69 Å². The molecule has 0 radical (unpaired) electrons. The maximum absolute atomic E-state index is 13.1. The third-order valence-electron chi connectivity index (χ3n) is 4.83. The molecule has 0 unspecified atom stereocenters. The van der Waals surface area contributed by atoms with Gasteiger partial charge in [0.15, 0.2) is 27.8 Å². The Morgan fingerprint density at radius 1 is 0.941 bits per heavy atom. The largest absolute Gasteiger partial charge is 0.493 e. The molecule has 2 aromatic carbocycles. The number of esters is 1. The first-order valence-electron chi connectivity index (χ1n) is 9.59. The number of nitro benzene ring substituents is 1. The van der Waals surface area contributed by atoms with E-state index in [0.29, 0.717) is 21.7 Å². The highest BCUT2D eigenvalue weighted by atomic mass is 32.1. The molecule has 0 aliphatic rings. The zero-order valence-corrected chi connectivity index (χ0v) is 19.8. The van der Waals surface area contributed by atoms with E-state index in [9.17, 15) is 19.7 Å². The minimum Gasteiger partial charge on any atom is -0.493 e. The Kier molecular flexibility index (Phi) is 7.36. The Morgan fingerprint density at radius 2 is 1.50 bits per heavy atom. The fraction of sp³-hybridized carbons (Fsp3) is 0.286. The summed E-state index contributed by atoms with van der Waals surface area (Å²) < 4.78 is 27.8. The van der Waals surface area contributed by atoms with Crippen molar-refractivity contribution >= 4 is 39.1 Å². The number of methoxy groups -OCH3 is 5. The van der Waals surface area contributed by atoms with Crippen LogP contribution in [0.3, 0.4) is 0 Å². The molecule has 180 valence electrons. The number of rotatable bonds is 8. The van der Waals surface area contributed by atoms with Crippen LogP contribution in [0.25, 0.3) is 10.2 Å². The van der Waals surface area contributed by atoms with Gasteiger partial charge in [-0.3, -0.25) is 19.7 Å². The van der Waals surface area contributed by atoms with E-state index in [0.717, 1.165) is 17.4 Å². The lowest BCUT2D eigenvalue weighted by atomic mass is 10.1. The molecule has 34 heavy (non-hydrogen) atoms. The van der Waals surface area contributed by atoms with Gasteiger partial charge in [-0.1, -0.05) is 11.3 Å². The number of amides is 1. The molecule has 0 aliphatic heterocycles. The smallest absolute Gasteiger partial charge is 0.325 e. The third kappa shape index (κ3) is 4.64. The fourth-order valence-corrected chi connectivity index (χ4v) is 4.20. The summed E-state index contributed by atoms with van der Waals surface area (Å²) in [4.78, 5) is 40.3. The number of carbonyl (C=O) groups excluding carboxylic acids is 2. The monoisotopic (exact) mass is 491 g/mol. The average Bonchev–Trinajstić information content (AvgIpc) is 3.16. The predicted octanol–water partition coefficient (Wildman–Crippen LogP) is 2.56. The Morgan fingerprint density at radius 3 is 2.06 bits per heavy atom. The fourth-order valence-electron chi connectivity index (χ4n) is 3.17. The summed E-state index contributed by atoms with van der Waals surface area (Å²) in [6.07, 6.45) is 0. The number of benzene rings is 2. The molecule has 0 spiro atoms.